The first-order chi connectivity index (χ1) is 17.8. The van der Waals surface area contributed by atoms with Crippen LogP contribution in [0.1, 0.15) is 22.3 Å². The van der Waals surface area contributed by atoms with Gasteiger partial charge >= 0.3 is 0 Å². The van der Waals surface area contributed by atoms with Crippen LogP contribution in [0, 0.1) is 13.8 Å². The molecule has 0 saturated carbocycles. The van der Waals surface area contributed by atoms with Crippen molar-refractivity contribution < 1.29 is 9.53 Å². The number of rotatable bonds is 5. The highest BCUT2D eigenvalue weighted by molar-refractivity contribution is 9.11. The normalized spacial score (nSPS) is 15.5. The van der Waals surface area contributed by atoms with Crippen LogP contribution in [0.5, 0.6) is 5.75 Å². The van der Waals surface area contributed by atoms with Gasteiger partial charge in [-0.25, -0.2) is 4.99 Å². The summed E-state index contributed by atoms with van der Waals surface area (Å²) in [6.45, 7) is 4.49. The molecule has 1 saturated heterocycles. The number of carbonyl (C=O) groups excluding carboxylic acids is 1. The van der Waals surface area contributed by atoms with E-state index in [1.807, 2.05) is 62.4 Å². The highest BCUT2D eigenvalue weighted by atomic mass is 79.9. The first kappa shape index (κ1) is 26.2. The Bertz CT molecular complexity index is 1560. The SMILES string of the molecule is Cc1cc(N=C2NC(=O)/C(=C/c3cc(Br)c(OCc4cccc5ccccc45)c(Br)c3)S2)cc(C)c1Br. The summed E-state index contributed by atoms with van der Waals surface area (Å²) in [4.78, 5) is 17.8. The molecule has 1 aliphatic heterocycles. The van der Waals surface area contributed by atoms with Crippen LogP contribution in [0.25, 0.3) is 16.8 Å². The predicted molar refractivity (Wildman–Crippen MR) is 165 cm³/mol. The molecular formula is C29H21Br3N2O2S. The summed E-state index contributed by atoms with van der Waals surface area (Å²) >= 11 is 12.2. The maximum Gasteiger partial charge on any atom is 0.264 e. The van der Waals surface area contributed by atoms with Crippen molar-refractivity contribution in [2.24, 2.45) is 4.99 Å². The molecule has 1 heterocycles. The fourth-order valence-corrected chi connectivity index (χ4v) is 6.63. The van der Waals surface area contributed by atoms with Crippen molar-refractivity contribution in [2.45, 2.75) is 20.5 Å². The van der Waals surface area contributed by atoms with Gasteiger partial charge in [0.1, 0.15) is 12.4 Å². The lowest BCUT2D eigenvalue weighted by Gasteiger charge is -2.13. The molecule has 4 aromatic carbocycles. The second kappa shape index (κ2) is 11.2. The van der Waals surface area contributed by atoms with Gasteiger partial charge in [0.05, 0.1) is 19.5 Å². The molecule has 4 aromatic rings. The van der Waals surface area contributed by atoms with E-state index in [4.69, 9.17) is 4.74 Å². The van der Waals surface area contributed by atoms with E-state index in [1.54, 1.807) is 0 Å². The topological polar surface area (TPSA) is 50.7 Å². The smallest absolute Gasteiger partial charge is 0.264 e. The van der Waals surface area contributed by atoms with Crippen molar-refractivity contribution in [1.29, 1.82) is 0 Å². The Morgan fingerprint density at radius 2 is 1.62 bits per heavy atom. The summed E-state index contributed by atoms with van der Waals surface area (Å²) < 4.78 is 8.86. The van der Waals surface area contributed by atoms with Gasteiger partial charge in [0.25, 0.3) is 5.91 Å². The minimum Gasteiger partial charge on any atom is -0.487 e. The molecule has 0 unspecified atom stereocenters. The van der Waals surface area contributed by atoms with Crippen LogP contribution in [0.4, 0.5) is 5.69 Å². The van der Waals surface area contributed by atoms with E-state index in [2.05, 4.69) is 82.4 Å². The number of hydrogen-bond acceptors (Lipinski definition) is 4. The lowest BCUT2D eigenvalue weighted by atomic mass is 10.1. The first-order valence-electron chi connectivity index (χ1n) is 11.4. The van der Waals surface area contributed by atoms with Crippen molar-refractivity contribution in [1.82, 2.24) is 5.32 Å². The molecule has 0 aromatic heterocycles. The number of halogens is 3. The van der Waals surface area contributed by atoms with Gasteiger partial charge < -0.3 is 10.1 Å². The average Bonchev–Trinajstić information content (AvgIpc) is 3.20. The van der Waals surface area contributed by atoms with Crippen molar-refractivity contribution in [3.8, 4) is 5.75 Å². The van der Waals surface area contributed by atoms with Crippen LogP contribution in [0.3, 0.4) is 0 Å². The fourth-order valence-electron chi connectivity index (χ4n) is 4.11. The summed E-state index contributed by atoms with van der Waals surface area (Å²) in [6.07, 6.45) is 1.85. The van der Waals surface area contributed by atoms with Gasteiger partial charge in [-0.05, 0) is 121 Å². The second-order valence-corrected chi connectivity index (χ2v) is 12.1. The third-order valence-corrected chi connectivity index (χ3v) is 9.21. The standard InChI is InChI=1S/C29H21Br3N2O2S/c1-16-10-21(11-17(2)26(16)32)33-29-34-28(35)25(37-29)14-18-12-23(30)27(24(31)13-18)36-15-20-8-5-7-19-6-3-4-9-22(19)20/h3-14H,15H2,1-2H3,(H,33,34,35)/b25-14-. The number of carbonyl (C=O) groups is 1. The van der Waals surface area contributed by atoms with Crippen molar-refractivity contribution in [3.63, 3.8) is 0 Å². The van der Waals surface area contributed by atoms with Crippen LogP contribution in [0.15, 0.2) is 90.0 Å². The molecule has 186 valence electrons. The molecule has 8 heteroatoms. The number of benzene rings is 4. The Morgan fingerprint density at radius 1 is 0.946 bits per heavy atom. The molecule has 1 N–H and O–H groups in total. The Labute approximate surface area is 245 Å². The quantitative estimate of drug-likeness (QED) is 0.211. The van der Waals surface area contributed by atoms with E-state index in [1.165, 1.54) is 22.5 Å². The molecule has 0 radical (unpaired) electrons. The van der Waals surface area contributed by atoms with Crippen LogP contribution in [-0.2, 0) is 11.4 Å². The van der Waals surface area contributed by atoms with E-state index in [-0.39, 0.29) is 5.91 Å². The van der Waals surface area contributed by atoms with Crippen LogP contribution >= 0.6 is 59.6 Å². The van der Waals surface area contributed by atoms with Gasteiger partial charge in [-0.3, -0.25) is 4.79 Å². The number of aliphatic imine (C=N–C) groups is 1. The Balaban J connectivity index is 1.34. The molecule has 1 amide bonds. The molecule has 4 nitrogen and oxygen atoms in total. The second-order valence-electron chi connectivity index (χ2n) is 8.62. The zero-order chi connectivity index (χ0) is 26.1. The minimum absolute atomic E-state index is 0.169. The van der Waals surface area contributed by atoms with E-state index >= 15 is 0 Å². The predicted octanol–water partition coefficient (Wildman–Crippen LogP) is 9.21. The first-order valence-corrected chi connectivity index (χ1v) is 14.6. The van der Waals surface area contributed by atoms with Crippen LogP contribution in [0.2, 0.25) is 0 Å². The molecule has 37 heavy (non-hydrogen) atoms. The van der Waals surface area contributed by atoms with Crippen LogP contribution < -0.4 is 10.1 Å². The average molecular weight is 701 g/mol. The summed E-state index contributed by atoms with van der Waals surface area (Å²) in [5.74, 6) is 0.541. The largest absolute Gasteiger partial charge is 0.487 e. The number of aryl methyl sites for hydroxylation is 2. The molecule has 0 spiro atoms. The van der Waals surface area contributed by atoms with Crippen molar-refractivity contribution >= 4 is 93.2 Å². The number of nitrogens with one attached hydrogen (secondary N) is 1. The third-order valence-electron chi connectivity index (χ3n) is 5.87. The van der Waals surface area contributed by atoms with Crippen molar-refractivity contribution in [3.05, 3.63) is 107 Å². The van der Waals surface area contributed by atoms with Gasteiger partial charge in [0, 0.05) is 4.47 Å². The molecule has 0 aliphatic carbocycles. The molecule has 1 fully saturated rings. The van der Waals surface area contributed by atoms with E-state index < -0.39 is 0 Å². The summed E-state index contributed by atoms with van der Waals surface area (Å²) in [5, 5.41) is 5.79. The monoisotopic (exact) mass is 698 g/mol. The van der Waals surface area contributed by atoms with Crippen molar-refractivity contribution in [2.75, 3.05) is 0 Å². The number of nitrogens with zero attached hydrogens (tertiary/aromatic N) is 1. The van der Waals surface area contributed by atoms with Crippen LogP contribution in [-0.4, -0.2) is 11.1 Å². The number of ether oxygens (including phenoxy) is 1. The maximum atomic E-state index is 12.6. The fraction of sp³-hybridized carbons (Fsp3) is 0.103. The summed E-state index contributed by atoms with van der Waals surface area (Å²) in [7, 11) is 0. The maximum absolute atomic E-state index is 12.6. The molecule has 0 atom stereocenters. The van der Waals surface area contributed by atoms with Gasteiger partial charge in [-0.1, -0.05) is 58.4 Å². The number of thioether (sulfide) groups is 1. The Hall–Kier alpha value is -2.39. The number of hydrogen-bond donors (Lipinski definition) is 1. The molecular weight excluding hydrogens is 680 g/mol. The van der Waals surface area contributed by atoms with Gasteiger partial charge in [0.15, 0.2) is 5.17 Å². The molecule has 5 rings (SSSR count). The minimum atomic E-state index is -0.169. The molecule has 0 bridgehead atoms. The Morgan fingerprint density at radius 3 is 2.35 bits per heavy atom. The summed E-state index contributed by atoms with van der Waals surface area (Å²) in [5.41, 5.74) is 4.99. The third kappa shape index (κ3) is 5.87. The number of fused-ring (bicyclic) bond motifs is 1. The van der Waals surface area contributed by atoms with Gasteiger partial charge in [0.2, 0.25) is 0 Å². The number of amidine groups is 1. The highest BCUT2D eigenvalue weighted by Gasteiger charge is 2.24. The highest BCUT2D eigenvalue weighted by Crippen LogP contribution is 2.38. The zero-order valence-electron chi connectivity index (χ0n) is 19.9. The zero-order valence-corrected chi connectivity index (χ0v) is 25.5. The lowest BCUT2D eigenvalue weighted by molar-refractivity contribution is -0.115. The van der Waals surface area contributed by atoms with Gasteiger partial charge in [-0.2, -0.15) is 0 Å². The summed E-state index contributed by atoms with van der Waals surface area (Å²) in [6, 6.07) is 22.4. The lowest BCUT2D eigenvalue weighted by Crippen LogP contribution is -2.19. The van der Waals surface area contributed by atoms with E-state index in [0.717, 1.165) is 41.4 Å². The van der Waals surface area contributed by atoms with E-state index in [9.17, 15) is 4.79 Å². The van der Waals surface area contributed by atoms with Gasteiger partial charge in [-0.15, -0.1) is 0 Å². The Kier molecular flexibility index (Phi) is 7.91. The molecule has 1 aliphatic rings. The number of amides is 1. The van der Waals surface area contributed by atoms with E-state index in [0.29, 0.717) is 22.4 Å².